The number of carbonyl (C=O) groups excluding carboxylic acids is 1. The molecule has 1 heterocycles. The summed E-state index contributed by atoms with van der Waals surface area (Å²) in [4.78, 5) is 21.4. The van der Waals surface area contributed by atoms with Gasteiger partial charge in [-0.2, -0.15) is 0 Å². The van der Waals surface area contributed by atoms with Crippen molar-refractivity contribution in [2.45, 2.75) is 47.6 Å². The summed E-state index contributed by atoms with van der Waals surface area (Å²) in [6, 6.07) is 7.85. The van der Waals surface area contributed by atoms with Crippen molar-refractivity contribution in [3.8, 4) is 0 Å². The molecule has 0 radical (unpaired) electrons. The second kappa shape index (κ2) is 10.9. The van der Waals surface area contributed by atoms with E-state index in [4.69, 9.17) is 4.99 Å². The molecule has 0 atom stereocenters. The first-order valence-electron chi connectivity index (χ1n) is 9.81. The van der Waals surface area contributed by atoms with Gasteiger partial charge in [-0.1, -0.05) is 26.0 Å². The fourth-order valence-corrected chi connectivity index (χ4v) is 3.33. The number of amides is 1. The van der Waals surface area contributed by atoms with Crippen LogP contribution >= 0.6 is 24.0 Å². The third-order valence-corrected chi connectivity index (χ3v) is 4.97. The van der Waals surface area contributed by atoms with Gasteiger partial charge in [-0.25, -0.2) is 4.99 Å². The van der Waals surface area contributed by atoms with E-state index in [0.717, 1.165) is 49.8 Å². The van der Waals surface area contributed by atoms with Crippen molar-refractivity contribution < 1.29 is 4.79 Å². The minimum Gasteiger partial charge on any atom is -0.357 e. The third kappa shape index (κ3) is 6.66. The average molecular weight is 486 g/mol. The van der Waals surface area contributed by atoms with Crippen LogP contribution in [0.15, 0.2) is 29.3 Å². The fourth-order valence-electron chi connectivity index (χ4n) is 3.33. The van der Waals surface area contributed by atoms with Gasteiger partial charge >= 0.3 is 0 Å². The van der Waals surface area contributed by atoms with Crippen molar-refractivity contribution in [3.05, 3.63) is 35.4 Å². The summed E-state index contributed by atoms with van der Waals surface area (Å²) in [5.74, 6) is 1.08. The van der Waals surface area contributed by atoms with Gasteiger partial charge < -0.3 is 15.1 Å². The second-order valence-electron chi connectivity index (χ2n) is 7.68. The lowest BCUT2D eigenvalue weighted by atomic mass is 9.93. The van der Waals surface area contributed by atoms with E-state index >= 15 is 0 Å². The zero-order valence-corrected chi connectivity index (χ0v) is 19.7. The number of benzene rings is 1. The number of nitrogens with one attached hydrogen (secondary N) is 1. The molecule has 1 aliphatic heterocycles. The normalized spacial score (nSPS) is 16.0. The first kappa shape index (κ1) is 23.7. The zero-order valence-electron chi connectivity index (χ0n) is 17.4. The van der Waals surface area contributed by atoms with E-state index in [9.17, 15) is 4.79 Å². The first-order chi connectivity index (χ1) is 12.4. The van der Waals surface area contributed by atoms with E-state index in [-0.39, 0.29) is 29.9 Å². The molecule has 27 heavy (non-hydrogen) atoms. The molecule has 0 bridgehead atoms. The molecule has 1 aromatic carbocycles. The Hall–Kier alpha value is -1.31. The Bertz CT molecular complexity index is 624. The van der Waals surface area contributed by atoms with Crippen LogP contribution in [-0.4, -0.2) is 54.4 Å². The lowest BCUT2D eigenvalue weighted by molar-refractivity contribution is 0.0773. The molecule has 6 heteroatoms. The number of nitrogens with zero attached hydrogens (tertiary/aromatic N) is 3. The highest BCUT2D eigenvalue weighted by molar-refractivity contribution is 14.0. The fraction of sp³-hybridized carbons (Fsp3) is 0.619. The van der Waals surface area contributed by atoms with Crippen LogP contribution in [0.1, 0.15) is 57.0 Å². The van der Waals surface area contributed by atoms with E-state index in [1.54, 1.807) is 0 Å². The molecule has 1 aromatic rings. The highest BCUT2D eigenvalue weighted by atomic mass is 127. The number of guanidine groups is 1. The molecular weight excluding hydrogens is 451 g/mol. The zero-order chi connectivity index (χ0) is 19.2. The topological polar surface area (TPSA) is 47.9 Å². The molecule has 1 N–H and O–H groups in total. The van der Waals surface area contributed by atoms with Crippen LogP contribution in [0.5, 0.6) is 0 Å². The van der Waals surface area contributed by atoms with Crippen LogP contribution in [0.3, 0.4) is 0 Å². The van der Waals surface area contributed by atoms with Gasteiger partial charge in [0.25, 0.3) is 5.91 Å². The Morgan fingerprint density at radius 1 is 1.19 bits per heavy atom. The van der Waals surface area contributed by atoms with Crippen LogP contribution < -0.4 is 5.32 Å². The van der Waals surface area contributed by atoms with Crippen molar-refractivity contribution in [1.82, 2.24) is 15.1 Å². The Morgan fingerprint density at radius 2 is 1.81 bits per heavy atom. The van der Waals surface area contributed by atoms with Crippen molar-refractivity contribution >= 4 is 35.8 Å². The largest absolute Gasteiger partial charge is 0.357 e. The molecule has 1 fully saturated rings. The molecular formula is C21H35IN4O. The van der Waals surface area contributed by atoms with Crippen LogP contribution in [0.25, 0.3) is 0 Å². The lowest BCUT2D eigenvalue weighted by Gasteiger charge is -2.23. The van der Waals surface area contributed by atoms with E-state index in [1.165, 1.54) is 6.42 Å². The van der Waals surface area contributed by atoms with Gasteiger partial charge in [0.1, 0.15) is 0 Å². The number of aliphatic imine (C=N–C) groups is 1. The first-order valence-corrected chi connectivity index (χ1v) is 9.81. The number of hydrogen-bond donors (Lipinski definition) is 1. The average Bonchev–Trinajstić information content (AvgIpc) is 2.99. The molecule has 5 nitrogen and oxygen atoms in total. The molecule has 2 rings (SSSR count). The van der Waals surface area contributed by atoms with Crippen LogP contribution in [0.4, 0.5) is 0 Å². The summed E-state index contributed by atoms with van der Waals surface area (Å²) in [6.07, 6.45) is 1.19. The Morgan fingerprint density at radius 3 is 2.30 bits per heavy atom. The molecule has 1 saturated heterocycles. The maximum atomic E-state index is 12.4. The number of hydrogen-bond acceptors (Lipinski definition) is 2. The van der Waals surface area contributed by atoms with Gasteiger partial charge in [0, 0.05) is 38.3 Å². The predicted molar refractivity (Wildman–Crippen MR) is 124 cm³/mol. The highest BCUT2D eigenvalue weighted by Gasteiger charge is 2.30. The number of likely N-dealkylation sites (tertiary alicyclic amines) is 1. The van der Waals surface area contributed by atoms with Crippen molar-refractivity contribution in [1.29, 1.82) is 0 Å². The quantitative estimate of drug-likeness (QED) is 0.376. The standard InChI is InChI=1S/C21H34N4O.HI/c1-6-22-20(25-14-13-21(4,5)16-25)23-15-17-9-11-18(12-10-17)19(26)24(7-2)8-3;/h9-12H,6-8,13-16H2,1-5H3,(H,22,23);1H. The number of halogens is 1. The predicted octanol–water partition coefficient (Wildman–Crippen LogP) is 3.98. The maximum Gasteiger partial charge on any atom is 0.253 e. The summed E-state index contributed by atoms with van der Waals surface area (Å²) in [6.45, 7) is 15.8. The molecule has 0 spiro atoms. The Balaban J connectivity index is 0.00000364. The summed E-state index contributed by atoms with van der Waals surface area (Å²) >= 11 is 0. The Kier molecular flexibility index (Phi) is 9.56. The molecule has 152 valence electrons. The van der Waals surface area contributed by atoms with E-state index < -0.39 is 0 Å². The highest BCUT2D eigenvalue weighted by Crippen LogP contribution is 2.28. The molecule has 0 unspecified atom stereocenters. The van der Waals surface area contributed by atoms with Crippen molar-refractivity contribution in [2.24, 2.45) is 10.4 Å². The van der Waals surface area contributed by atoms with Gasteiger partial charge in [-0.15, -0.1) is 24.0 Å². The van der Waals surface area contributed by atoms with E-state index in [2.05, 4.69) is 31.0 Å². The summed E-state index contributed by atoms with van der Waals surface area (Å²) in [7, 11) is 0. The van der Waals surface area contributed by atoms with E-state index in [1.807, 2.05) is 43.0 Å². The second-order valence-corrected chi connectivity index (χ2v) is 7.68. The van der Waals surface area contributed by atoms with E-state index in [0.29, 0.717) is 12.0 Å². The summed E-state index contributed by atoms with van der Waals surface area (Å²) in [5, 5.41) is 3.41. The minimum atomic E-state index is 0. The smallest absolute Gasteiger partial charge is 0.253 e. The SMILES string of the molecule is CCNC(=NCc1ccc(C(=O)N(CC)CC)cc1)N1CCC(C)(C)C1.I. The lowest BCUT2D eigenvalue weighted by Crippen LogP contribution is -2.40. The number of rotatable bonds is 6. The molecule has 0 aromatic heterocycles. The van der Waals surface area contributed by atoms with Crippen LogP contribution in [0, 0.1) is 5.41 Å². The van der Waals surface area contributed by atoms with Crippen molar-refractivity contribution in [2.75, 3.05) is 32.7 Å². The monoisotopic (exact) mass is 486 g/mol. The van der Waals surface area contributed by atoms with Gasteiger partial charge in [0.2, 0.25) is 0 Å². The van der Waals surface area contributed by atoms with Gasteiger partial charge in [0.15, 0.2) is 5.96 Å². The molecule has 0 aliphatic carbocycles. The maximum absolute atomic E-state index is 12.4. The summed E-state index contributed by atoms with van der Waals surface area (Å²) in [5.41, 5.74) is 2.22. The third-order valence-electron chi connectivity index (χ3n) is 4.97. The van der Waals surface area contributed by atoms with Gasteiger partial charge in [-0.05, 0) is 50.3 Å². The molecule has 0 saturated carbocycles. The van der Waals surface area contributed by atoms with Gasteiger partial charge in [0.05, 0.1) is 6.54 Å². The minimum absolute atomic E-state index is 0. The van der Waals surface area contributed by atoms with Crippen LogP contribution in [0.2, 0.25) is 0 Å². The Labute approximate surface area is 181 Å². The number of carbonyl (C=O) groups is 1. The van der Waals surface area contributed by atoms with Crippen molar-refractivity contribution in [3.63, 3.8) is 0 Å². The molecule has 1 amide bonds. The molecule has 1 aliphatic rings. The summed E-state index contributed by atoms with van der Waals surface area (Å²) < 4.78 is 0. The van der Waals surface area contributed by atoms with Gasteiger partial charge in [-0.3, -0.25) is 4.79 Å². The van der Waals surface area contributed by atoms with Crippen LogP contribution in [-0.2, 0) is 6.54 Å².